The Labute approximate surface area is 190 Å². The molecule has 8 nitrogen and oxygen atoms in total. The summed E-state index contributed by atoms with van der Waals surface area (Å²) in [5, 5.41) is 9.90. The van der Waals surface area contributed by atoms with Gasteiger partial charge in [-0.05, 0) is 43.3 Å². The van der Waals surface area contributed by atoms with E-state index in [0.717, 1.165) is 0 Å². The number of rotatable bonds is 5. The van der Waals surface area contributed by atoms with Crippen LogP contribution in [0.4, 0.5) is 4.79 Å². The largest absolute Gasteiger partial charge is 0.456 e. The number of ether oxygens (including phenoxy) is 2. The van der Waals surface area contributed by atoms with E-state index in [9.17, 15) is 18.5 Å². The van der Waals surface area contributed by atoms with Crippen LogP contribution in [0, 0.1) is 11.3 Å². The molecule has 1 aliphatic rings. The lowest BCUT2D eigenvalue weighted by atomic mass is 10.2. The number of carbonyl (C=O) groups excluding carboxylic acids is 1. The van der Waals surface area contributed by atoms with Gasteiger partial charge in [0.25, 0.3) is 0 Å². The molecule has 2 aromatic carbocycles. The zero-order valence-electron chi connectivity index (χ0n) is 16.5. The van der Waals surface area contributed by atoms with Crippen molar-refractivity contribution in [2.24, 2.45) is 0 Å². The highest BCUT2D eigenvalue weighted by molar-refractivity contribution is 7.89. The van der Waals surface area contributed by atoms with Gasteiger partial charge in [0.1, 0.15) is 16.4 Å². The molecule has 0 saturated carbocycles. The Kier molecular flexibility index (Phi) is 7.28. The van der Waals surface area contributed by atoms with E-state index in [4.69, 9.17) is 32.7 Å². The number of hydrogen-bond acceptors (Lipinski definition) is 6. The Morgan fingerprint density at radius 3 is 2.32 bits per heavy atom. The predicted octanol–water partition coefficient (Wildman–Crippen LogP) is 4.12. The van der Waals surface area contributed by atoms with Gasteiger partial charge in [-0.3, -0.25) is 0 Å². The minimum absolute atomic E-state index is 0.0326. The smallest absolute Gasteiger partial charge is 0.409 e. The van der Waals surface area contributed by atoms with E-state index in [-0.39, 0.29) is 54.7 Å². The number of nitrogens with zero attached hydrogens (tertiary/aromatic N) is 3. The number of hydrogen-bond donors (Lipinski definition) is 0. The fourth-order valence-corrected chi connectivity index (χ4v) is 5.11. The molecule has 1 amide bonds. The van der Waals surface area contributed by atoms with Crippen LogP contribution in [0.25, 0.3) is 0 Å². The highest BCUT2D eigenvalue weighted by atomic mass is 35.5. The van der Waals surface area contributed by atoms with Crippen molar-refractivity contribution in [3.63, 3.8) is 0 Å². The quantitative estimate of drug-likeness (QED) is 0.633. The second-order valence-corrected chi connectivity index (χ2v) is 9.35. The Morgan fingerprint density at radius 2 is 1.74 bits per heavy atom. The Bertz CT molecular complexity index is 1110. The van der Waals surface area contributed by atoms with Crippen molar-refractivity contribution in [1.82, 2.24) is 9.21 Å². The maximum Gasteiger partial charge on any atom is 0.409 e. The van der Waals surface area contributed by atoms with Gasteiger partial charge in [0.2, 0.25) is 10.0 Å². The van der Waals surface area contributed by atoms with Crippen molar-refractivity contribution in [3.05, 3.63) is 52.0 Å². The van der Waals surface area contributed by atoms with Crippen LogP contribution in [0.2, 0.25) is 10.0 Å². The van der Waals surface area contributed by atoms with Crippen molar-refractivity contribution in [2.45, 2.75) is 11.8 Å². The molecule has 1 saturated heterocycles. The fraction of sp³-hybridized carbons (Fsp3) is 0.300. The molecule has 0 aromatic heterocycles. The Balaban J connectivity index is 1.90. The van der Waals surface area contributed by atoms with Gasteiger partial charge in [-0.1, -0.05) is 23.2 Å². The van der Waals surface area contributed by atoms with E-state index >= 15 is 0 Å². The van der Waals surface area contributed by atoms with Gasteiger partial charge in [0, 0.05) is 36.2 Å². The average Bonchev–Trinajstić information content (AvgIpc) is 2.73. The van der Waals surface area contributed by atoms with Crippen molar-refractivity contribution in [1.29, 1.82) is 5.26 Å². The zero-order valence-corrected chi connectivity index (χ0v) is 18.9. The van der Waals surface area contributed by atoms with E-state index in [1.54, 1.807) is 6.92 Å². The second kappa shape index (κ2) is 9.75. The van der Waals surface area contributed by atoms with Crippen LogP contribution >= 0.6 is 23.2 Å². The van der Waals surface area contributed by atoms with Crippen LogP contribution in [-0.2, 0) is 14.8 Å². The van der Waals surface area contributed by atoms with E-state index in [1.807, 2.05) is 6.07 Å². The SMILES string of the molecule is CCOC(=O)N1CCN(S(=O)(=O)c2cc(C#N)ccc2Oc2cc(Cl)cc(Cl)c2)CC1. The third-order valence-corrected chi connectivity index (χ3v) is 6.88. The summed E-state index contributed by atoms with van der Waals surface area (Å²) in [4.78, 5) is 13.2. The molecule has 0 atom stereocenters. The van der Waals surface area contributed by atoms with Crippen LogP contribution < -0.4 is 4.74 Å². The van der Waals surface area contributed by atoms with Gasteiger partial charge in [0.15, 0.2) is 0 Å². The lowest BCUT2D eigenvalue weighted by Crippen LogP contribution is -2.50. The molecule has 0 radical (unpaired) electrons. The summed E-state index contributed by atoms with van der Waals surface area (Å²) in [5.74, 6) is 0.288. The molecule has 0 spiro atoms. The molecule has 164 valence electrons. The van der Waals surface area contributed by atoms with Crippen LogP contribution in [0.3, 0.4) is 0 Å². The average molecular weight is 484 g/mol. The standard InChI is InChI=1S/C20H19Cl2N3O5S/c1-2-29-20(26)24-5-7-25(8-6-24)31(27,28)19-9-14(13-23)3-4-18(19)30-17-11-15(21)10-16(22)12-17/h3-4,9-12H,2,5-8H2,1H3. The lowest BCUT2D eigenvalue weighted by molar-refractivity contribution is 0.0934. The molecule has 1 fully saturated rings. The summed E-state index contributed by atoms with van der Waals surface area (Å²) in [6.45, 7) is 2.49. The topological polar surface area (TPSA) is 99.9 Å². The molecule has 0 N–H and O–H groups in total. The normalized spacial score (nSPS) is 14.7. The van der Waals surface area contributed by atoms with Gasteiger partial charge in [-0.2, -0.15) is 9.57 Å². The minimum Gasteiger partial charge on any atom is -0.456 e. The molecule has 31 heavy (non-hydrogen) atoms. The molecule has 11 heteroatoms. The fourth-order valence-electron chi connectivity index (χ4n) is 3.04. The van der Waals surface area contributed by atoms with Crippen molar-refractivity contribution in [2.75, 3.05) is 32.8 Å². The predicted molar refractivity (Wildman–Crippen MR) is 115 cm³/mol. The molecule has 0 aliphatic carbocycles. The highest BCUT2D eigenvalue weighted by Crippen LogP contribution is 2.34. The number of amides is 1. The first-order valence-electron chi connectivity index (χ1n) is 9.34. The summed E-state index contributed by atoms with van der Waals surface area (Å²) in [5.41, 5.74) is 0.167. The number of carbonyl (C=O) groups is 1. The third kappa shape index (κ3) is 5.40. The summed E-state index contributed by atoms with van der Waals surface area (Å²) < 4.78 is 38.7. The first-order chi connectivity index (χ1) is 14.7. The number of benzene rings is 2. The summed E-state index contributed by atoms with van der Waals surface area (Å²) >= 11 is 12.0. The number of halogens is 2. The molecule has 2 aromatic rings. The van der Waals surface area contributed by atoms with Gasteiger partial charge in [0.05, 0.1) is 18.2 Å². The maximum atomic E-state index is 13.4. The van der Waals surface area contributed by atoms with Crippen LogP contribution in [-0.4, -0.2) is 56.5 Å². The first-order valence-corrected chi connectivity index (χ1v) is 11.5. The number of piperazine rings is 1. The monoisotopic (exact) mass is 483 g/mol. The van der Waals surface area contributed by atoms with Crippen LogP contribution in [0.5, 0.6) is 11.5 Å². The molecule has 1 aliphatic heterocycles. The number of nitriles is 1. The molecule has 1 heterocycles. The Hall–Kier alpha value is -2.51. The molecule has 3 rings (SSSR count). The van der Waals surface area contributed by atoms with Gasteiger partial charge in [-0.25, -0.2) is 13.2 Å². The van der Waals surface area contributed by atoms with Crippen LogP contribution in [0.1, 0.15) is 12.5 Å². The molecular formula is C20H19Cl2N3O5S. The van der Waals surface area contributed by atoms with Crippen LogP contribution in [0.15, 0.2) is 41.3 Å². The summed E-state index contributed by atoms with van der Waals surface area (Å²) in [6.07, 6.45) is -0.479. The van der Waals surface area contributed by atoms with Crippen molar-refractivity contribution in [3.8, 4) is 17.6 Å². The zero-order chi connectivity index (χ0) is 22.6. The lowest BCUT2D eigenvalue weighted by Gasteiger charge is -2.33. The van der Waals surface area contributed by atoms with Crippen molar-refractivity contribution >= 4 is 39.3 Å². The molecule has 0 bridgehead atoms. The summed E-state index contributed by atoms with van der Waals surface area (Å²) in [6, 6.07) is 10.6. The van der Waals surface area contributed by atoms with E-state index in [2.05, 4.69) is 0 Å². The third-order valence-electron chi connectivity index (χ3n) is 4.52. The highest BCUT2D eigenvalue weighted by Gasteiger charge is 2.33. The van der Waals surface area contributed by atoms with E-state index in [0.29, 0.717) is 10.0 Å². The number of sulfonamides is 1. The summed E-state index contributed by atoms with van der Waals surface area (Å²) in [7, 11) is -4.01. The van der Waals surface area contributed by atoms with Gasteiger partial charge < -0.3 is 14.4 Å². The van der Waals surface area contributed by atoms with Crippen molar-refractivity contribution < 1.29 is 22.7 Å². The second-order valence-electron chi connectivity index (χ2n) is 6.57. The first kappa shape index (κ1) is 23.2. The Morgan fingerprint density at radius 1 is 1.10 bits per heavy atom. The maximum absolute atomic E-state index is 13.4. The minimum atomic E-state index is -4.01. The molecule has 0 unspecified atom stereocenters. The van der Waals surface area contributed by atoms with E-state index < -0.39 is 16.1 Å². The van der Waals surface area contributed by atoms with Gasteiger partial charge >= 0.3 is 6.09 Å². The van der Waals surface area contributed by atoms with Gasteiger partial charge in [-0.15, -0.1) is 0 Å². The molecular weight excluding hydrogens is 465 g/mol. The van der Waals surface area contributed by atoms with E-state index in [1.165, 1.54) is 45.6 Å².